The molecule has 2 amide bonds. The number of amides is 2. The van der Waals surface area contributed by atoms with Gasteiger partial charge in [0.25, 0.3) is 0 Å². The second kappa shape index (κ2) is 5.94. The van der Waals surface area contributed by atoms with Crippen molar-refractivity contribution in [2.24, 2.45) is 17.8 Å². The molecule has 2 aliphatic carbocycles. The third-order valence-electron chi connectivity index (χ3n) is 5.80. The van der Waals surface area contributed by atoms with Gasteiger partial charge in [0.15, 0.2) is 0 Å². The first-order valence-corrected chi connectivity index (χ1v) is 8.78. The molecule has 4 atom stereocenters. The number of fused-ring (bicyclic) bond motifs is 1. The Bertz CT molecular complexity index is 501. The Morgan fingerprint density at radius 1 is 1.14 bits per heavy atom. The number of urea groups is 1. The quantitative estimate of drug-likeness (QED) is 0.869. The first-order valence-electron chi connectivity index (χ1n) is 8.78. The van der Waals surface area contributed by atoms with Crippen molar-refractivity contribution in [2.75, 3.05) is 13.1 Å². The van der Waals surface area contributed by atoms with E-state index in [2.05, 4.69) is 19.8 Å². The topological polar surface area (TPSA) is 50.2 Å². The molecule has 0 aromatic carbocycles. The smallest absolute Gasteiger partial charge is 0.317 e. The number of rotatable bonds is 4. The van der Waals surface area contributed by atoms with Gasteiger partial charge in [0, 0.05) is 38.1 Å². The molecular formula is C17H26N4O. The highest BCUT2D eigenvalue weighted by molar-refractivity contribution is 5.74. The fourth-order valence-electron chi connectivity index (χ4n) is 5.01. The van der Waals surface area contributed by atoms with E-state index in [1.165, 1.54) is 32.1 Å². The molecule has 0 spiro atoms. The maximum atomic E-state index is 12.6. The van der Waals surface area contributed by atoms with Crippen LogP contribution in [0, 0.1) is 17.8 Å². The Hall–Kier alpha value is -1.52. The fourth-order valence-corrected chi connectivity index (χ4v) is 5.01. The average Bonchev–Trinajstić information content (AvgIpc) is 2.93. The fraction of sp³-hybridized carbons (Fsp3) is 0.765. The van der Waals surface area contributed by atoms with Crippen molar-refractivity contribution >= 4 is 6.03 Å². The molecule has 3 heterocycles. The summed E-state index contributed by atoms with van der Waals surface area (Å²) < 4.78 is 2.05. The lowest BCUT2D eigenvalue weighted by atomic mass is 9.68. The standard InChI is InChI=1S/C17H26N4O/c22-17(19-2-1-4-20-5-3-18-12-20)21-11-15-7-13-6-14(8-15)10-16(21)9-13/h3,5,12-16H,1-2,4,6-11H2,(H,19,22)/t13-,14+,15?,16?. The number of nitrogens with one attached hydrogen (secondary N) is 1. The van der Waals surface area contributed by atoms with E-state index in [-0.39, 0.29) is 6.03 Å². The van der Waals surface area contributed by atoms with Gasteiger partial charge < -0.3 is 14.8 Å². The molecule has 5 nitrogen and oxygen atoms in total. The Labute approximate surface area is 132 Å². The highest BCUT2D eigenvalue weighted by atomic mass is 16.2. The van der Waals surface area contributed by atoms with Gasteiger partial charge in [-0.3, -0.25) is 0 Å². The molecule has 4 aliphatic rings. The number of aryl methyl sites for hydroxylation is 1. The highest BCUT2D eigenvalue weighted by Crippen LogP contribution is 2.47. The van der Waals surface area contributed by atoms with Crippen molar-refractivity contribution in [1.82, 2.24) is 19.8 Å². The first kappa shape index (κ1) is 14.1. The van der Waals surface area contributed by atoms with E-state index in [9.17, 15) is 4.79 Å². The molecule has 5 heteroatoms. The Morgan fingerprint density at radius 2 is 1.91 bits per heavy atom. The van der Waals surface area contributed by atoms with Crippen LogP contribution in [0.4, 0.5) is 4.79 Å². The molecule has 2 aliphatic heterocycles. The SMILES string of the molecule is O=C(NCCCn1ccnc1)N1CC2C[C@@H]3CC1C[C@H](C2)C3. The molecular weight excluding hydrogens is 276 g/mol. The number of carbonyl (C=O) groups is 1. The van der Waals surface area contributed by atoms with Crippen molar-refractivity contribution in [3.05, 3.63) is 18.7 Å². The third kappa shape index (κ3) is 2.85. The molecule has 2 unspecified atom stereocenters. The lowest BCUT2D eigenvalue weighted by molar-refractivity contribution is 0.131. The lowest BCUT2D eigenvalue weighted by Crippen LogP contribution is -2.47. The van der Waals surface area contributed by atoms with Gasteiger partial charge in [-0.15, -0.1) is 0 Å². The number of nitrogens with zero attached hydrogens (tertiary/aromatic N) is 3. The van der Waals surface area contributed by atoms with Crippen molar-refractivity contribution in [1.29, 1.82) is 0 Å². The largest absolute Gasteiger partial charge is 0.338 e. The van der Waals surface area contributed by atoms with E-state index in [1.54, 1.807) is 6.20 Å². The van der Waals surface area contributed by atoms with Crippen LogP contribution in [0.5, 0.6) is 0 Å². The Balaban J connectivity index is 1.29. The van der Waals surface area contributed by atoms with Gasteiger partial charge in [-0.2, -0.15) is 0 Å². The minimum atomic E-state index is 0.170. The molecule has 22 heavy (non-hydrogen) atoms. The lowest BCUT2D eigenvalue weighted by Gasteiger charge is -2.38. The highest BCUT2D eigenvalue weighted by Gasteiger charge is 2.43. The second-order valence-electron chi connectivity index (χ2n) is 7.47. The molecule has 1 aromatic rings. The molecule has 5 rings (SSSR count). The van der Waals surface area contributed by atoms with Crippen molar-refractivity contribution < 1.29 is 4.79 Å². The molecule has 1 N–H and O–H groups in total. The number of hydrogen-bond acceptors (Lipinski definition) is 2. The molecule has 2 saturated carbocycles. The average molecular weight is 302 g/mol. The number of hydrogen-bond donors (Lipinski definition) is 1. The zero-order chi connectivity index (χ0) is 14.9. The predicted octanol–water partition coefficient (Wildman–Crippen LogP) is 2.49. The van der Waals surface area contributed by atoms with Crippen molar-refractivity contribution in [3.63, 3.8) is 0 Å². The summed E-state index contributed by atoms with van der Waals surface area (Å²) in [6.45, 7) is 2.65. The van der Waals surface area contributed by atoms with Gasteiger partial charge in [0.05, 0.1) is 6.33 Å². The number of aromatic nitrogens is 2. The van der Waals surface area contributed by atoms with Gasteiger partial charge in [0.1, 0.15) is 0 Å². The number of imidazole rings is 1. The minimum absolute atomic E-state index is 0.170. The summed E-state index contributed by atoms with van der Waals surface area (Å²) in [6.07, 6.45) is 13.2. The van der Waals surface area contributed by atoms with Crippen LogP contribution in [-0.4, -0.2) is 39.6 Å². The summed E-state index contributed by atoms with van der Waals surface area (Å²) in [5.74, 6) is 2.54. The monoisotopic (exact) mass is 302 g/mol. The Kier molecular flexibility index (Phi) is 3.80. The van der Waals surface area contributed by atoms with Crippen LogP contribution in [0.1, 0.15) is 38.5 Å². The molecule has 2 saturated heterocycles. The maximum Gasteiger partial charge on any atom is 0.317 e. The maximum absolute atomic E-state index is 12.6. The van der Waals surface area contributed by atoms with Crippen molar-refractivity contribution in [3.8, 4) is 0 Å². The summed E-state index contributed by atoms with van der Waals surface area (Å²) >= 11 is 0. The molecule has 120 valence electrons. The van der Waals surface area contributed by atoms with Gasteiger partial charge in [0.2, 0.25) is 0 Å². The molecule has 4 fully saturated rings. The van der Waals surface area contributed by atoms with E-state index in [0.29, 0.717) is 6.04 Å². The van der Waals surface area contributed by atoms with Crippen LogP contribution in [0.25, 0.3) is 0 Å². The van der Waals surface area contributed by atoms with Crippen molar-refractivity contribution in [2.45, 2.75) is 51.1 Å². The van der Waals surface area contributed by atoms with E-state index in [1.807, 2.05) is 12.5 Å². The van der Waals surface area contributed by atoms with Crippen LogP contribution in [-0.2, 0) is 6.54 Å². The minimum Gasteiger partial charge on any atom is -0.338 e. The second-order valence-corrected chi connectivity index (χ2v) is 7.47. The van der Waals surface area contributed by atoms with Crippen LogP contribution in [0.15, 0.2) is 18.7 Å². The van der Waals surface area contributed by atoms with E-state index >= 15 is 0 Å². The van der Waals surface area contributed by atoms with Crippen LogP contribution < -0.4 is 5.32 Å². The van der Waals surface area contributed by atoms with Crippen LogP contribution in [0.3, 0.4) is 0 Å². The summed E-state index contributed by atoms with van der Waals surface area (Å²) in [7, 11) is 0. The Morgan fingerprint density at radius 3 is 2.64 bits per heavy atom. The van der Waals surface area contributed by atoms with Gasteiger partial charge >= 0.3 is 6.03 Å². The summed E-state index contributed by atoms with van der Waals surface area (Å²) in [5.41, 5.74) is 0. The van der Waals surface area contributed by atoms with Gasteiger partial charge in [-0.1, -0.05) is 0 Å². The summed E-state index contributed by atoms with van der Waals surface area (Å²) in [6, 6.07) is 0.675. The predicted molar refractivity (Wildman–Crippen MR) is 84.3 cm³/mol. The van der Waals surface area contributed by atoms with E-state index < -0.39 is 0 Å². The van der Waals surface area contributed by atoms with Crippen LogP contribution in [0.2, 0.25) is 0 Å². The normalized spacial score (nSPS) is 33.0. The van der Waals surface area contributed by atoms with Gasteiger partial charge in [-0.25, -0.2) is 9.78 Å². The molecule has 1 aromatic heterocycles. The summed E-state index contributed by atoms with van der Waals surface area (Å²) in [5, 5.41) is 3.14. The summed E-state index contributed by atoms with van der Waals surface area (Å²) in [4.78, 5) is 18.8. The third-order valence-corrected chi connectivity index (χ3v) is 5.80. The van der Waals surface area contributed by atoms with Gasteiger partial charge in [-0.05, 0) is 56.3 Å². The molecule has 0 radical (unpaired) electrons. The van der Waals surface area contributed by atoms with Crippen LogP contribution >= 0.6 is 0 Å². The molecule has 4 bridgehead atoms. The zero-order valence-electron chi connectivity index (χ0n) is 13.2. The first-order chi connectivity index (χ1) is 10.8. The van der Waals surface area contributed by atoms with E-state index in [0.717, 1.165) is 43.8 Å². The number of carbonyl (C=O) groups excluding carboxylic acids is 1. The van der Waals surface area contributed by atoms with E-state index in [4.69, 9.17) is 0 Å². The zero-order valence-corrected chi connectivity index (χ0v) is 13.2.